The van der Waals surface area contributed by atoms with Gasteiger partial charge in [0, 0.05) is 20.5 Å². The summed E-state index contributed by atoms with van der Waals surface area (Å²) in [5, 5.41) is 5.13. The molecule has 0 radical (unpaired) electrons. The number of ether oxygens (including phenoxy) is 2. The first kappa shape index (κ1) is 25.4. The Bertz CT molecular complexity index is 1160. The van der Waals surface area contributed by atoms with Crippen LogP contribution >= 0.6 is 50.9 Å². The summed E-state index contributed by atoms with van der Waals surface area (Å²) >= 11 is 17.1. The van der Waals surface area contributed by atoms with Crippen LogP contribution in [0.1, 0.15) is 16.7 Å². The van der Waals surface area contributed by atoms with Gasteiger partial charge in [0.1, 0.15) is 6.61 Å². The highest BCUT2D eigenvalue weighted by Gasteiger charge is 2.13. The van der Waals surface area contributed by atoms with E-state index >= 15 is 0 Å². The van der Waals surface area contributed by atoms with Crippen LogP contribution in [0, 0.1) is 6.92 Å². The van der Waals surface area contributed by atoms with Gasteiger partial charge in [-0.1, -0.05) is 47.0 Å². The summed E-state index contributed by atoms with van der Waals surface area (Å²) < 4.78 is 12.1. The molecule has 172 valence electrons. The van der Waals surface area contributed by atoms with Crippen molar-refractivity contribution in [3.05, 3.63) is 85.8 Å². The molecule has 5 nitrogen and oxygen atoms in total. The quantitative estimate of drug-likeness (QED) is 0.174. The number of nitrogens with one attached hydrogen (secondary N) is 1. The molecule has 1 N–H and O–H groups in total. The maximum absolute atomic E-state index is 12.1. The average molecular weight is 568 g/mol. The lowest BCUT2D eigenvalue weighted by atomic mass is 10.2. The average Bonchev–Trinajstić information content (AvgIpc) is 2.78. The van der Waals surface area contributed by atoms with Crippen LogP contribution in [0.3, 0.4) is 0 Å². The number of rotatable bonds is 9. The zero-order chi connectivity index (χ0) is 23.8. The van der Waals surface area contributed by atoms with Crippen molar-refractivity contribution in [2.24, 2.45) is 5.10 Å². The van der Waals surface area contributed by atoms with Gasteiger partial charge in [0.05, 0.1) is 23.5 Å². The Morgan fingerprint density at radius 1 is 1.15 bits per heavy atom. The van der Waals surface area contributed by atoms with E-state index in [1.165, 1.54) is 17.3 Å². The number of carbonyl (C=O) groups excluding carboxylic acids is 1. The first-order valence-corrected chi connectivity index (χ1v) is 12.3. The molecule has 0 aliphatic carbocycles. The molecular weight excluding hydrogens is 547 g/mol. The summed E-state index contributed by atoms with van der Waals surface area (Å²) in [4.78, 5) is 13.1. The zero-order valence-electron chi connectivity index (χ0n) is 17.9. The van der Waals surface area contributed by atoms with E-state index in [2.05, 4.69) is 26.5 Å². The third-order valence-corrected chi connectivity index (χ3v) is 6.62. The molecule has 9 heteroatoms. The molecule has 0 saturated carbocycles. The molecule has 0 bridgehead atoms. The van der Waals surface area contributed by atoms with Crippen molar-refractivity contribution in [3.63, 3.8) is 0 Å². The molecule has 0 spiro atoms. The lowest BCUT2D eigenvalue weighted by Gasteiger charge is -2.14. The number of hydrogen-bond donors (Lipinski definition) is 1. The predicted molar refractivity (Wildman–Crippen MR) is 139 cm³/mol. The number of thioether (sulfide) groups is 1. The van der Waals surface area contributed by atoms with Gasteiger partial charge in [0.2, 0.25) is 5.91 Å². The van der Waals surface area contributed by atoms with Crippen molar-refractivity contribution in [2.75, 3.05) is 12.9 Å². The highest BCUT2D eigenvalue weighted by Crippen LogP contribution is 2.37. The van der Waals surface area contributed by atoms with Crippen molar-refractivity contribution in [1.82, 2.24) is 5.43 Å². The largest absolute Gasteiger partial charge is 0.493 e. The van der Waals surface area contributed by atoms with E-state index in [0.29, 0.717) is 26.0 Å². The molecule has 1 amide bonds. The minimum absolute atomic E-state index is 0.192. The number of hydrazone groups is 1. The van der Waals surface area contributed by atoms with Crippen molar-refractivity contribution < 1.29 is 14.3 Å². The number of nitrogens with zero attached hydrogens (tertiary/aromatic N) is 1. The second-order valence-electron chi connectivity index (χ2n) is 6.95. The van der Waals surface area contributed by atoms with E-state index in [-0.39, 0.29) is 18.3 Å². The third kappa shape index (κ3) is 7.67. The van der Waals surface area contributed by atoms with Gasteiger partial charge in [0.25, 0.3) is 0 Å². The van der Waals surface area contributed by atoms with Crippen LogP contribution in [-0.4, -0.2) is 25.0 Å². The van der Waals surface area contributed by atoms with Crippen LogP contribution in [0.2, 0.25) is 10.0 Å². The second kappa shape index (κ2) is 12.3. The van der Waals surface area contributed by atoms with Crippen molar-refractivity contribution >= 4 is 63.0 Å². The van der Waals surface area contributed by atoms with Gasteiger partial charge in [-0.2, -0.15) is 5.10 Å². The van der Waals surface area contributed by atoms with Crippen LogP contribution in [0.5, 0.6) is 11.5 Å². The SMILES string of the molecule is COc1cc(/C=N\NC(=O)CSc2ccc(C)cc2)cc(Br)c1OCc1ccc(Cl)cc1Cl. The third-order valence-electron chi connectivity index (χ3n) is 4.43. The van der Waals surface area contributed by atoms with E-state index in [1.807, 2.05) is 43.3 Å². The predicted octanol–water partition coefficient (Wildman–Crippen LogP) is 6.89. The molecule has 0 aliphatic heterocycles. The first-order chi connectivity index (χ1) is 15.9. The Balaban J connectivity index is 1.59. The van der Waals surface area contributed by atoms with Gasteiger partial charge in [-0.25, -0.2) is 5.43 Å². The maximum Gasteiger partial charge on any atom is 0.250 e. The van der Waals surface area contributed by atoms with E-state index in [9.17, 15) is 4.79 Å². The fourth-order valence-electron chi connectivity index (χ4n) is 2.74. The Morgan fingerprint density at radius 2 is 1.91 bits per heavy atom. The molecule has 0 atom stereocenters. The smallest absolute Gasteiger partial charge is 0.250 e. The highest BCUT2D eigenvalue weighted by molar-refractivity contribution is 9.10. The Labute approximate surface area is 215 Å². The zero-order valence-corrected chi connectivity index (χ0v) is 21.8. The van der Waals surface area contributed by atoms with Gasteiger partial charge in [-0.05, 0) is 64.8 Å². The van der Waals surface area contributed by atoms with E-state index in [4.69, 9.17) is 32.7 Å². The van der Waals surface area contributed by atoms with E-state index in [1.54, 1.807) is 31.5 Å². The van der Waals surface area contributed by atoms with Crippen molar-refractivity contribution in [1.29, 1.82) is 0 Å². The summed E-state index contributed by atoms with van der Waals surface area (Å²) in [5.74, 6) is 1.12. The molecule has 0 heterocycles. The monoisotopic (exact) mass is 566 g/mol. The van der Waals surface area contributed by atoms with Crippen LogP contribution in [-0.2, 0) is 11.4 Å². The van der Waals surface area contributed by atoms with Gasteiger partial charge in [0.15, 0.2) is 11.5 Å². The number of benzene rings is 3. The molecule has 3 aromatic carbocycles. The summed E-state index contributed by atoms with van der Waals surface area (Å²) in [7, 11) is 1.55. The minimum Gasteiger partial charge on any atom is -0.493 e. The standard InChI is InChI=1S/C24H21BrCl2N2O3S/c1-15-3-7-19(8-4-15)33-14-23(30)29-28-12-16-9-20(25)24(22(10-16)31-2)32-13-17-5-6-18(26)11-21(17)27/h3-12H,13-14H2,1-2H3,(H,29,30)/b28-12-. The summed E-state index contributed by atoms with van der Waals surface area (Å²) in [6.07, 6.45) is 1.54. The maximum atomic E-state index is 12.1. The van der Waals surface area contributed by atoms with Gasteiger partial charge in [-0.15, -0.1) is 11.8 Å². The molecule has 3 rings (SSSR count). The van der Waals surface area contributed by atoms with Crippen molar-refractivity contribution in [2.45, 2.75) is 18.4 Å². The molecule has 33 heavy (non-hydrogen) atoms. The number of aryl methyl sites for hydroxylation is 1. The van der Waals surface area contributed by atoms with Crippen LogP contribution in [0.4, 0.5) is 0 Å². The number of carbonyl (C=O) groups is 1. The van der Waals surface area contributed by atoms with E-state index in [0.717, 1.165) is 16.0 Å². The lowest BCUT2D eigenvalue weighted by molar-refractivity contribution is -0.118. The Morgan fingerprint density at radius 3 is 2.61 bits per heavy atom. The van der Waals surface area contributed by atoms with Crippen molar-refractivity contribution in [3.8, 4) is 11.5 Å². The van der Waals surface area contributed by atoms with E-state index < -0.39 is 0 Å². The molecular formula is C24H21BrCl2N2O3S. The molecule has 0 fully saturated rings. The minimum atomic E-state index is -0.192. The first-order valence-electron chi connectivity index (χ1n) is 9.81. The second-order valence-corrected chi connectivity index (χ2v) is 9.70. The van der Waals surface area contributed by atoms with Crippen LogP contribution in [0.25, 0.3) is 0 Å². The number of methoxy groups -OCH3 is 1. The fourth-order valence-corrected chi connectivity index (χ4v) is 4.47. The Kier molecular flexibility index (Phi) is 9.50. The number of hydrogen-bond acceptors (Lipinski definition) is 5. The van der Waals surface area contributed by atoms with Crippen LogP contribution in [0.15, 0.2) is 69.1 Å². The van der Waals surface area contributed by atoms with Gasteiger partial charge >= 0.3 is 0 Å². The molecule has 0 aromatic heterocycles. The van der Waals surface area contributed by atoms with Crippen LogP contribution < -0.4 is 14.9 Å². The molecule has 0 saturated heterocycles. The Hall–Kier alpha value is -2.19. The lowest BCUT2D eigenvalue weighted by Crippen LogP contribution is -2.19. The fraction of sp³-hybridized carbons (Fsp3) is 0.167. The molecule has 3 aromatic rings. The number of halogens is 3. The number of amides is 1. The summed E-state index contributed by atoms with van der Waals surface area (Å²) in [6.45, 7) is 2.27. The highest BCUT2D eigenvalue weighted by atomic mass is 79.9. The summed E-state index contributed by atoms with van der Waals surface area (Å²) in [6, 6.07) is 16.8. The molecule has 0 aliphatic rings. The van der Waals surface area contributed by atoms with Gasteiger partial charge < -0.3 is 9.47 Å². The van der Waals surface area contributed by atoms with Gasteiger partial charge in [-0.3, -0.25) is 4.79 Å². The molecule has 0 unspecified atom stereocenters. The normalized spacial score (nSPS) is 10.9. The summed E-state index contributed by atoms with van der Waals surface area (Å²) in [5.41, 5.74) is 5.24. The topological polar surface area (TPSA) is 59.9 Å².